The quantitative estimate of drug-likeness (QED) is 0.534. The number of nitriles is 4. The van der Waals surface area contributed by atoms with Crippen LogP contribution < -0.4 is 10.6 Å². The van der Waals surface area contributed by atoms with Crippen LogP contribution in [0.4, 0.5) is 0 Å². The minimum atomic E-state index is -0.880. The van der Waals surface area contributed by atoms with Gasteiger partial charge in [0.25, 0.3) is 0 Å². The Labute approximate surface area is 213 Å². The highest BCUT2D eigenvalue weighted by molar-refractivity contribution is 8.19. The molecular weight excluding hydrogens is 480 g/mol. The standard InChI is InChI=1S/C25H26N6O2S2/c26-11-16-20(32)30-22(18(13-28)24(16)7-3-1-4-8-24)34-15-35-23-19(14-29)25(9-5-2-6-10-25)17(12-27)21(33)31-23/h16-17H,1-10,15H2,(H,30,32)(H,31,33)/t16-,17+. The molecule has 2 atom stereocenters. The lowest BCUT2D eigenvalue weighted by atomic mass is 9.61. The Morgan fingerprint density at radius 3 is 1.37 bits per heavy atom. The maximum Gasteiger partial charge on any atom is 0.243 e. The molecule has 0 radical (unpaired) electrons. The second-order valence-electron chi connectivity index (χ2n) is 9.57. The van der Waals surface area contributed by atoms with Crippen molar-refractivity contribution in [2.24, 2.45) is 22.7 Å². The normalized spacial score (nSPS) is 27.3. The van der Waals surface area contributed by atoms with Gasteiger partial charge in [0.2, 0.25) is 11.8 Å². The maximum atomic E-state index is 12.8. The zero-order valence-corrected chi connectivity index (χ0v) is 21.0. The number of carbonyl (C=O) groups excluding carboxylic acids is 2. The van der Waals surface area contributed by atoms with E-state index in [1.54, 1.807) is 0 Å². The Hall–Kier alpha value is -2.92. The lowest BCUT2D eigenvalue weighted by molar-refractivity contribution is -0.127. The summed E-state index contributed by atoms with van der Waals surface area (Å²) in [6.45, 7) is 0. The SMILES string of the molecule is N#CC1=C(SCSC2=C(C#N)C3(CCCCC3)[C@@H](C#N)C(=O)N2)NC(=O)[C@@H](C#N)C12CCCCC2. The lowest BCUT2D eigenvalue weighted by Gasteiger charge is -2.43. The van der Waals surface area contributed by atoms with Crippen molar-refractivity contribution in [3.05, 3.63) is 21.2 Å². The Morgan fingerprint density at radius 1 is 0.686 bits per heavy atom. The summed E-state index contributed by atoms with van der Waals surface area (Å²) in [5.74, 6) is -2.51. The van der Waals surface area contributed by atoms with Crippen molar-refractivity contribution >= 4 is 35.3 Å². The van der Waals surface area contributed by atoms with Gasteiger partial charge in [0.15, 0.2) is 0 Å². The fourth-order valence-electron chi connectivity index (χ4n) is 6.23. The second kappa shape index (κ2) is 10.4. The van der Waals surface area contributed by atoms with Gasteiger partial charge < -0.3 is 10.6 Å². The zero-order chi connectivity index (χ0) is 25.1. The van der Waals surface area contributed by atoms with Crippen molar-refractivity contribution in [2.75, 3.05) is 5.08 Å². The average molecular weight is 507 g/mol. The highest BCUT2D eigenvalue weighted by Crippen LogP contribution is 2.54. The van der Waals surface area contributed by atoms with E-state index in [-0.39, 0.29) is 11.8 Å². The second-order valence-corrected chi connectivity index (χ2v) is 11.9. The fourth-order valence-corrected chi connectivity index (χ4v) is 8.54. The number of carbonyl (C=O) groups is 2. The van der Waals surface area contributed by atoms with Gasteiger partial charge in [-0.1, -0.05) is 62.0 Å². The van der Waals surface area contributed by atoms with Crippen LogP contribution in [0.1, 0.15) is 64.2 Å². The Kier molecular flexibility index (Phi) is 7.46. The topological polar surface area (TPSA) is 153 Å². The van der Waals surface area contributed by atoms with Crippen molar-refractivity contribution < 1.29 is 9.59 Å². The molecule has 0 unspecified atom stereocenters. The maximum absolute atomic E-state index is 12.8. The van der Waals surface area contributed by atoms with E-state index in [1.807, 2.05) is 0 Å². The molecule has 4 rings (SSSR count). The molecule has 2 aliphatic heterocycles. The third-order valence-electron chi connectivity index (χ3n) is 7.93. The van der Waals surface area contributed by atoms with Gasteiger partial charge in [-0.05, 0) is 25.7 Å². The van der Waals surface area contributed by atoms with Crippen LogP contribution >= 0.6 is 23.5 Å². The molecule has 2 saturated carbocycles. The predicted octanol–water partition coefficient (Wildman–Crippen LogP) is 4.32. The summed E-state index contributed by atoms with van der Waals surface area (Å²) < 4.78 is 0. The molecule has 2 spiro atoms. The van der Waals surface area contributed by atoms with E-state index in [9.17, 15) is 30.6 Å². The summed E-state index contributed by atoms with van der Waals surface area (Å²) in [6, 6.07) is 8.85. The van der Waals surface area contributed by atoms with E-state index in [0.29, 0.717) is 52.0 Å². The molecule has 10 heteroatoms. The number of hydrogen-bond acceptors (Lipinski definition) is 8. The van der Waals surface area contributed by atoms with Gasteiger partial charge in [-0.25, -0.2) is 0 Å². The fraction of sp³-hybridized carbons (Fsp3) is 0.600. The average Bonchev–Trinajstić information content (AvgIpc) is 2.85. The molecule has 2 aliphatic carbocycles. The molecule has 2 N–H and O–H groups in total. The van der Waals surface area contributed by atoms with E-state index in [4.69, 9.17) is 0 Å². The molecule has 2 fully saturated rings. The summed E-state index contributed by atoms with van der Waals surface area (Å²) in [6.07, 6.45) is 8.07. The van der Waals surface area contributed by atoms with Gasteiger partial charge >= 0.3 is 0 Å². The van der Waals surface area contributed by atoms with E-state index in [2.05, 4.69) is 34.9 Å². The highest BCUT2D eigenvalue weighted by atomic mass is 32.2. The molecule has 35 heavy (non-hydrogen) atoms. The van der Waals surface area contributed by atoms with E-state index in [0.717, 1.165) is 38.5 Å². The Bertz CT molecular complexity index is 1060. The summed E-state index contributed by atoms with van der Waals surface area (Å²) in [5.41, 5.74) is -0.576. The molecule has 0 aromatic heterocycles. The van der Waals surface area contributed by atoms with Gasteiger partial charge in [-0.3, -0.25) is 9.59 Å². The largest absolute Gasteiger partial charge is 0.319 e. The van der Waals surface area contributed by atoms with Crippen LogP contribution in [-0.4, -0.2) is 16.9 Å². The molecule has 0 bridgehead atoms. The van der Waals surface area contributed by atoms with Crippen molar-refractivity contribution in [2.45, 2.75) is 64.2 Å². The molecule has 4 aliphatic rings. The highest BCUT2D eigenvalue weighted by Gasteiger charge is 2.53. The number of amides is 2. The minimum absolute atomic E-state index is 0.349. The summed E-state index contributed by atoms with van der Waals surface area (Å²) in [5, 5.41) is 46.3. The number of allylic oxidation sites excluding steroid dienone is 2. The van der Waals surface area contributed by atoms with Crippen LogP contribution in [0.2, 0.25) is 0 Å². The van der Waals surface area contributed by atoms with E-state index in [1.165, 1.54) is 23.5 Å². The number of thioether (sulfide) groups is 2. The lowest BCUT2D eigenvalue weighted by Crippen LogP contribution is -2.48. The zero-order valence-electron chi connectivity index (χ0n) is 19.4. The molecule has 2 heterocycles. The molecular formula is C25H26N6O2S2. The van der Waals surface area contributed by atoms with Gasteiger partial charge in [0, 0.05) is 10.8 Å². The number of hydrogen-bond donors (Lipinski definition) is 2. The number of rotatable bonds is 4. The molecule has 0 aromatic carbocycles. The summed E-state index contributed by atoms with van der Waals surface area (Å²) in [4.78, 5) is 25.6. The van der Waals surface area contributed by atoms with Crippen molar-refractivity contribution in [3.63, 3.8) is 0 Å². The monoisotopic (exact) mass is 506 g/mol. The smallest absolute Gasteiger partial charge is 0.243 e. The Balaban J connectivity index is 1.61. The molecule has 8 nitrogen and oxygen atoms in total. The minimum Gasteiger partial charge on any atom is -0.319 e. The van der Waals surface area contributed by atoms with Crippen LogP contribution in [0.3, 0.4) is 0 Å². The van der Waals surface area contributed by atoms with Gasteiger partial charge in [0.05, 0.1) is 50.6 Å². The number of nitrogens with zero attached hydrogens (tertiary/aromatic N) is 4. The van der Waals surface area contributed by atoms with Crippen LogP contribution in [0, 0.1) is 68.0 Å². The van der Waals surface area contributed by atoms with Crippen molar-refractivity contribution in [1.82, 2.24) is 10.6 Å². The molecule has 0 aromatic rings. The summed E-state index contributed by atoms with van der Waals surface area (Å²) >= 11 is 2.56. The van der Waals surface area contributed by atoms with Gasteiger partial charge in [-0.2, -0.15) is 21.0 Å². The van der Waals surface area contributed by atoms with Gasteiger partial charge in [-0.15, -0.1) is 0 Å². The van der Waals surface area contributed by atoms with Crippen molar-refractivity contribution in [3.8, 4) is 24.3 Å². The van der Waals surface area contributed by atoms with Gasteiger partial charge in [0.1, 0.15) is 11.8 Å². The number of nitrogens with one attached hydrogen (secondary N) is 2. The first kappa shape index (κ1) is 25.2. The first-order valence-electron chi connectivity index (χ1n) is 11.9. The molecule has 180 valence electrons. The van der Waals surface area contributed by atoms with Crippen LogP contribution in [0.25, 0.3) is 0 Å². The van der Waals surface area contributed by atoms with Crippen LogP contribution in [0.15, 0.2) is 21.2 Å². The molecule has 0 saturated heterocycles. The van der Waals surface area contributed by atoms with E-state index < -0.39 is 22.7 Å². The first-order chi connectivity index (χ1) is 17.0. The Morgan fingerprint density at radius 2 is 1.06 bits per heavy atom. The van der Waals surface area contributed by atoms with Crippen LogP contribution in [-0.2, 0) is 9.59 Å². The van der Waals surface area contributed by atoms with Crippen molar-refractivity contribution in [1.29, 1.82) is 21.0 Å². The van der Waals surface area contributed by atoms with E-state index >= 15 is 0 Å². The predicted molar refractivity (Wildman–Crippen MR) is 131 cm³/mol. The van der Waals surface area contributed by atoms with Crippen LogP contribution in [0.5, 0.6) is 0 Å². The third-order valence-corrected chi connectivity index (χ3v) is 10.1. The first-order valence-corrected chi connectivity index (χ1v) is 13.9. The molecule has 2 amide bonds. The summed E-state index contributed by atoms with van der Waals surface area (Å²) in [7, 11) is 0. The third kappa shape index (κ3) is 4.20.